The van der Waals surface area contributed by atoms with Gasteiger partial charge in [-0.05, 0) is 26.0 Å². The molecule has 0 aliphatic rings. The molecule has 0 atom stereocenters. The second-order valence-electron chi connectivity index (χ2n) is 4.73. The van der Waals surface area contributed by atoms with E-state index in [9.17, 15) is 14.4 Å². The van der Waals surface area contributed by atoms with Crippen LogP contribution in [0, 0.1) is 6.92 Å². The molecule has 1 amide bonds. The monoisotopic (exact) mass is 303 g/mol. The van der Waals surface area contributed by atoms with Gasteiger partial charge in [-0.25, -0.2) is 9.78 Å². The molecule has 0 aliphatic heterocycles. The minimum absolute atomic E-state index is 0.107. The lowest BCUT2D eigenvalue weighted by atomic mass is 10.2. The summed E-state index contributed by atoms with van der Waals surface area (Å²) in [6.45, 7) is 3.83. The van der Waals surface area contributed by atoms with E-state index < -0.39 is 23.9 Å². The maximum Gasteiger partial charge on any atom is 0.344 e. The SMILES string of the molecule is CCn1cc(C(=O)OCC(=O)NC)c(=O)c2ccc(C)nc21. The van der Waals surface area contributed by atoms with E-state index in [0.717, 1.165) is 5.69 Å². The molecule has 0 saturated heterocycles. The summed E-state index contributed by atoms with van der Waals surface area (Å²) >= 11 is 0. The quantitative estimate of drug-likeness (QED) is 0.837. The molecule has 0 aliphatic carbocycles. The van der Waals surface area contributed by atoms with Crippen LogP contribution < -0.4 is 10.7 Å². The van der Waals surface area contributed by atoms with Crippen molar-refractivity contribution in [1.29, 1.82) is 0 Å². The highest BCUT2D eigenvalue weighted by Crippen LogP contribution is 2.11. The maximum atomic E-state index is 12.4. The van der Waals surface area contributed by atoms with E-state index in [1.165, 1.54) is 13.2 Å². The van der Waals surface area contributed by atoms with E-state index in [4.69, 9.17) is 4.74 Å². The highest BCUT2D eigenvalue weighted by molar-refractivity contribution is 5.94. The number of aromatic nitrogens is 2. The zero-order valence-corrected chi connectivity index (χ0v) is 12.7. The van der Waals surface area contributed by atoms with Gasteiger partial charge in [-0.1, -0.05) is 0 Å². The number of rotatable bonds is 4. The summed E-state index contributed by atoms with van der Waals surface area (Å²) in [5, 5.41) is 2.68. The standard InChI is InChI=1S/C15H17N3O4/c1-4-18-7-11(15(21)22-8-12(19)16-3)13(20)10-6-5-9(2)17-14(10)18/h5-7H,4,8H2,1-3H3,(H,16,19). The summed E-state index contributed by atoms with van der Waals surface area (Å²) in [6.07, 6.45) is 1.42. The van der Waals surface area contributed by atoms with Gasteiger partial charge in [0.15, 0.2) is 6.61 Å². The topological polar surface area (TPSA) is 90.3 Å². The predicted molar refractivity (Wildman–Crippen MR) is 80.8 cm³/mol. The Balaban J connectivity index is 2.49. The lowest BCUT2D eigenvalue weighted by Gasteiger charge is -2.11. The van der Waals surface area contributed by atoms with Gasteiger partial charge in [0.05, 0.1) is 5.39 Å². The molecule has 0 spiro atoms. The van der Waals surface area contributed by atoms with E-state index in [1.54, 1.807) is 16.7 Å². The molecule has 7 heteroatoms. The van der Waals surface area contributed by atoms with Crippen LogP contribution in [0.5, 0.6) is 0 Å². The van der Waals surface area contributed by atoms with Crippen molar-refractivity contribution >= 4 is 22.9 Å². The van der Waals surface area contributed by atoms with Crippen molar-refractivity contribution in [2.24, 2.45) is 0 Å². The molecule has 2 heterocycles. The first-order valence-corrected chi connectivity index (χ1v) is 6.86. The average molecular weight is 303 g/mol. The van der Waals surface area contributed by atoms with E-state index in [-0.39, 0.29) is 5.56 Å². The number of carbonyl (C=O) groups is 2. The highest BCUT2D eigenvalue weighted by atomic mass is 16.5. The van der Waals surface area contributed by atoms with Crippen LogP contribution in [0.4, 0.5) is 0 Å². The Kier molecular flexibility index (Phi) is 4.55. The fourth-order valence-corrected chi connectivity index (χ4v) is 2.03. The van der Waals surface area contributed by atoms with Crippen molar-refractivity contribution in [3.05, 3.63) is 39.8 Å². The molecule has 116 valence electrons. The first kappa shape index (κ1) is 15.7. The van der Waals surface area contributed by atoms with Gasteiger partial charge in [0.2, 0.25) is 5.43 Å². The first-order valence-electron chi connectivity index (χ1n) is 6.86. The lowest BCUT2D eigenvalue weighted by Crippen LogP contribution is -2.27. The third-order valence-corrected chi connectivity index (χ3v) is 3.23. The predicted octanol–water partition coefficient (Wildman–Crippen LogP) is 0.628. The molecular weight excluding hydrogens is 286 g/mol. The van der Waals surface area contributed by atoms with Crippen LogP contribution in [0.15, 0.2) is 23.1 Å². The van der Waals surface area contributed by atoms with Gasteiger partial charge in [0, 0.05) is 25.5 Å². The number of aryl methyl sites for hydroxylation is 2. The molecule has 7 nitrogen and oxygen atoms in total. The van der Waals surface area contributed by atoms with Gasteiger partial charge in [-0.3, -0.25) is 9.59 Å². The molecule has 0 aromatic carbocycles. The number of carbonyl (C=O) groups excluding carboxylic acids is 2. The Bertz CT molecular complexity index is 795. The number of ether oxygens (including phenoxy) is 1. The molecule has 2 aromatic heterocycles. The van der Waals surface area contributed by atoms with Crippen molar-refractivity contribution in [3.63, 3.8) is 0 Å². The molecule has 0 radical (unpaired) electrons. The van der Waals surface area contributed by atoms with E-state index >= 15 is 0 Å². The van der Waals surface area contributed by atoms with Gasteiger partial charge < -0.3 is 14.6 Å². The fourth-order valence-electron chi connectivity index (χ4n) is 2.03. The van der Waals surface area contributed by atoms with E-state index in [1.807, 2.05) is 13.8 Å². The average Bonchev–Trinajstić information content (AvgIpc) is 2.52. The molecule has 0 bridgehead atoms. The third-order valence-electron chi connectivity index (χ3n) is 3.23. The summed E-state index contributed by atoms with van der Waals surface area (Å²) in [5.41, 5.74) is 0.748. The number of nitrogens with one attached hydrogen (secondary N) is 1. The minimum Gasteiger partial charge on any atom is -0.452 e. The van der Waals surface area contributed by atoms with Crippen LogP contribution in [0.1, 0.15) is 23.0 Å². The highest BCUT2D eigenvalue weighted by Gasteiger charge is 2.18. The second kappa shape index (κ2) is 6.38. The molecule has 1 N–H and O–H groups in total. The zero-order chi connectivity index (χ0) is 16.3. The summed E-state index contributed by atoms with van der Waals surface area (Å²) < 4.78 is 6.56. The maximum absolute atomic E-state index is 12.4. The van der Waals surface area contributed by atoms with Crippen molar-refractivity contribution < 1.29 is 14.3 Å². The number of amides is 1. The van der Waals surface area contributed by atoms with Crippen LogP contribution in [0.3, 0.4) is 0 Å². The number of fused-ring (bicyclic) bond motifs is 1. The molecule has 2 aromatic rings. The molecule has 0 saturated carbocycles. The van der Waals surface area contributed by atoms with Crippen molar-refractivity contribution in [1.82, 2.24) is 14.9 Å². The summed E-state index contributed by atoms with van der Waals surface area (Å²) in [4.78, 5) is 39.9. The van der Waals surface area contributed by atoms with E-state index in [2.05, 4.69) is 10.3 Å². The van der Waals surface area contributed by atoms with Crippen molar-refractivity contribution in [2.75, 3.05) is 13.7 Å². The number of hydrogen-bond donors (Lipinski definition) is 1. The van der Waals surface area contributed by atoms with Crippen LogP contribution in [-0.2, 0) is 16.1 Å². The third kappa shape index (κ3) is 2.98. The summed E-state index contributed by atoms with van der Waals surface area (Å²) in [6, 6.07) is 3.35. The van der Waals surface area contributed by atoms with Gasteiger partial charge in [0.1, 0.15) is 11.2 Å². The number of hydrogen-bond acceptors (Lipinski definition) is 5. The smallest absolute Gasteiger partial charge is 0.344 e. The molecule has 0 unspecified atom stereocenters. The van der Waals surface area contributed by atoms with Gasteiger partial charge in [-0.15, -0.1) is 0 Å². The minimum atomic E-state index is -0.821. The van der Waals surface area contributed by atoms with Crippen LogP contribution in [0.25, 0.3) is 11.0 Å². The van der Waals surface area contributed by atoms with Crippen LogP contribution >= 0.6 is 0 Å². The number of pyridine rings is 2. The number of nitrogens with zero attached hydrogens (tertiary/aromatic N) is 2. The molecular formula is C15H17N3O4. The Hall–Kier alpha value is -2.70. The Morgan fingerprint density at radius 1 is 1.36 bits per heavy atom. The van der Waals surface area contributed by atoms with Gasteiger partial charge >= 0.3 is 5.97 Å². The largest absolute Gasteiger partial charge is 0.452 e. The first-order chi connectivity index (χ1) is 10.5. The molecule has 0 fully saturated rings. The summed E-state index contributed by atoms with van der Waals surface area (Å²) in [5.74, 6) is -1.26. The van der Waals surface area contributed by atoms with Crippen LogP contribution in [0.2, 0.25) is 0 Å². The fraction of sp³-hybridized carbons (Fsp3) is 0.333. The molecule has 2 rings (SSSR count). The van der Waals surface area contributed by atoms with E-state index in [0.29, 0.717) is 17.6 Å². The normalized spacial score (nSPS) is 10.5. The number of likely N-dealkylation sites (N-methyl/N-ethyl adjacent to an activating group) is 1. The Labute approximate surface area is 126 Å². The molecule has 22 heavy (non-hydrogen) atoms. The second-order valence-corrected chi connectivity index (χ2v) is 4.73. The van der Waals surface area contributed by atoms with Crippen molar-refractivity contribution in [2.45, 2.75) is 20.4 Å². The summed E-state index contributed by atoms with van der Waals surface area (Å²) in [7, 11) is 1.43. The zero-order valence-electron chi connectivity index (χ0n) is 12.7. The van der Waals surface area contributed by atoms with Gasteiger partial charge in [-0.2, -0.15) is 0 Å². The lowest BCUT2D eigenvalue weighted by molar-refractivity contribution is -0.123. The number of esters is 1. The Morgan fingerprint density at radius 2 is 2.09 bits per heavy atom. The van der Waals surface area contributed by atoms with Gasteiger partial charge in [0.25, 0.3) is 5.91 Å². The van der Waals surface area contributed by atoms with Crippen LogP contribution in [-0.4, -0.2) is 35.1 Å². The Morgan fingerprint density at radius 3 is 2.73 bits per heavy atom. The van der Waals surface area contributed by atoms with Crippen molar-refractivity contribution in [3.8, 4) is 0 Å².